The van der Waals surface area contributed by atoms with Gasteiger partial charge in [-0.1, -0.05) is 19.2 Å². The Morgan fingerprint density at radius 2 is 2.12 bits per heavy atom. The first kappa shape index (κ1) is 6.95. The van der Waals surface area contributed by atoms with Crippen LogP contribution in [0.15, 0.2) is 37.1 Å². The zero-order chi connectivity index (χ0) is 6.41. The van der Waals surface area contributed by atoms with E-state index in [2.05, 4.69) is 18.1 Å². The summed E-state index contributed by atoms with van der Waals surface area (Å²) in [4.78, 5) is 3.31. The average molecular weight is 114 g/mol. The molecule has 0 radical (unpaired) electrons. The zero-order valence-electron chi connectivity index (χ0n) is 4.43. The van der Waals surface area contributed by atoms with Crippen LogP contribution in [0.3, 0.4) is 0 Å². The van der Waals surface area contributed by atoms with Gasteiger partial charge in [0.15, 0.2) is 5.76 Å². The van der Waals surface area contributed by atoms with Crippen molar-refractivity contribution in [2.75, 3.05) is 0 Å². The highest BCUT2D eigenvalue weighted by atomic mass is 19.3. The Morgan fingerprint density at radius 3 is 2.25 bits per heavy atom. The van der Waals surface area contributed by atoms with Crippen LogP contribution >= 0.6 is 0 Å². The quantitative estimate of drug-likeness (QED) is 0.403. The van der Waals surface area contributed by atoms with Gasteiger partial charge in [0.05, 0.1) is 0 Å². The Labute approximate surface area is 47.7 Å². The molecule has 0 bridgehead atoms. The second-order valence-corrected chi connectivity index (χ2v) is 1.09. The van der Waals surface area contributed by atoms with E-state index in [4.69, 9.17) is 0 Å². The van der Waals surface area contributed by atoms with Crippen molar-refractivity contribution in [1.29, 1.82) is 0 Å². The lowest BCUT2D eigenvalue weighted by Crippen LogP contribution is -1.72. The molecule has 0 aromatic heterocycles. The van der Waals surface area contributed by atoms with Gasteiger partial charge in [0.25, 0.3) is 0 Å². The van der Waals surface area contributed by atoms with E-state index in [9.17, 15) is 4.53 Å². The Hall–Kier alpha value is -1.05. The summed E-state index contributed by atoms with van der Waals surface area (Å²) >= 11 is 0. The normalized spacial score (nSPS) is 10.4. The summed E-state index contributed by atoms with van der Waals surface area (Å²) in [7, 11) is 0. The van der Waals surface area contributed by atoms with Crippen molar-refractivity contribution in [3.8, 4) is 0 Å². The lowest BCUT2D eigenvalue weighted by Gasteiger charge is -1.86. The van der Waals surface area contributed by atoms with Gasteiger partial charge in [-0.2, -0.15) is 0 Å². The Kier molecular flexibility index (Phi) is 3.58. The first-order valence-electron chi connectivity index (χ1n) is 2.09. The van der Waals surface area contributed by atoms with Gasteiger partial charge in [-0.3, -0.25) is 4.94 Å². The summed E-state index contributed by atoms with van der Waals surface area (Å²) in [5.41, 5.74) is 0. The van der Waals surface area contributed by atoms with Crippen LogP contribution in [0.1, 0.15) is 0 Å². The van der Waals surface area contributed by atoms with Crippen molar-refractivity contribution in [2.45, 2.75) is 0 Å². The smallest absolute Gasteiger partial charge is 0.171 e. The maximum Gasteiger partial charge on any atom is 0.171 e. The van der Waals surface area contributed by atoms with Crippen LogP contribution in [0.4, 0.5) is 4.53 Å². The standard InChI is InChI=1S/C6H7FO/c1-3-5-6(4-2)8-7/h3-5H,1-2H2/b6-5+. The summed E-state index contributed by atoms with van der Waals surface area (Å²) in [5.74, 6) is 0.0694. The molecular weight excluding hydrogens is 107 g/mol. The largest absolute Gasteiger partial charge is 0.294 e. The summed E-state index contributed by atoms with van der Waals surface area (Å²) in [5, 5.41) is 0. The Morgan fingerprint density at radius 1 is 1.50 bits per heavy atom. The summed E-state index contributed by atoms with van der Waals surface area (Å²) in [6, 6.07) is 0. The molecule has 0 rings (SSSR count). The van der Waals surface area contributed by atoms with Crippen LogP contribution in [0.2, 0.25) is 0 Å². The highest BCUT2D eigenvalue weighted by molar-refractivity contribution is 5.13. The fourth-order valence-electron chi connectivity index (χ4n) is 0.241. The summed E-state index contributed by atoms with van der Waals surface area (Å²) < 4.78 is 11.2. The minimum absolute atomic E-state index is 0.0694. The van der Waals surface area contributed by atoms with E-state index in [1.165, 1.54) is 18.2 Å². The molecular formula is C6H7FO. The molecule has 0 saturated heterocycles. The molecule has 0 saturated carbocycles. The number of allylic oxidation sites excluding steroid dienone is 3. The van der Waals surface area contributed by atoms with E-state index < -0.39 is 0 Å². The van der Waals surface area contributed by atoms with Gasteiger partial charge in [0.1, 0.15) is 0 Å². The molecule has 0 amide bonds. The third kappa shape index (κ3) is 2.18. The van der Waals surface area contributed by atoms with Gasteiger partial charge >= 0.3 is 0 Å². The number of halogens is 1. The average Bonchev–Trinajstić information content (AvgIpc) is 1.83. The minimum Gasteiger partial charge on any atom is -0.294 e. The van der Waals surface area contributed by atoms with Gasteiger partial charge in [0, 0.05) is 4.53 Å². The molecule has 0 aliphatic carbocycles. The lowest BCUT2D eigenvalue weighted by atomic mass is 10.4. The fraction of sp³-hybridized carbons (Fsp3) is 0. The van der Waals surface area contributed by atoms with Crippen molar-refractivity contribution in [3.05, 3.63) is 37.1 Å². The van der Waals surface area contributed by atoms with Crippen LogP contribution in [-0.2, 0) is 4.94 Å². The second kappa shape index (κ2) is 4.12. The monoisotopic (exact) mass is 114 g/mol. The molecule has 2 heteroatoms. The maximum absolute atomic E-state index is 11.2. The number of hydrogen-bond acceptors (Lipinski definition) is 1. The molecule has 0 atom stereocenters. The van der Waals surface area contributed by atoms with Gasteiger partial charge in [-0.15, -0.1) is 0 Å². The van der Waals surface area contributed by atoms with Gasteiger partial charge in [-0.05, 0) is 12.2 Å². The highest BCUT2D eigenvalue weighted by Gasteiger charge is 1.84. The molecule has 44 valence electrons. The number of hydrogen-bond donors (Lipinski definition) is 0. The van der Waals surface area contributed by atoms with Gasteiger partial charge < -0.3 is 0 Å². The Balaban J connectivity index is 3.84. The van der Waals surface area contributed by atoms with E-state index in [0.717, 1.165) is 0 Å². The molecule has 0 aliphatic heterocycles. The van der Waals surface area contributed by atoms with Crippen molar-refractivity contribution < 1.29 is 9.47 Å². The molecule has 0 fully saturated rings. The summed E-state index contributed by atoms with van der Waals surface area (Å²) in [6.45, 7) is 6.59. The van der Waals surface area contributed by atoms with Gasteiger partial charge in [-0.25, -0.2) is 0 Å². The summed E-state index contributed by atoms with van der Waals surface area (Å²) in [6.07, 6.45) is 4.03. The fourth-order valence-corrected chi connectivity index (χ4v) is 0.241. The van der Waals surface area contributed by atoms with Crippen LogP contribution in [0.25, 0.3) is 0 Å². The van der Waals surface area contributed by atoms with Gasteiger partial charge in [0.2, 0.25) is 0 Å². The van der Waals surface area contributed by atoms with Crippen LogP contribution in [-0.4, -0.2) is 0 Å². The SMILES string of the molecule is C=C/C=C(\C=C)OF. The third-order valence-electron chi connectivity index (χ3n) is 0.572. The molecule has 0 unspecified atom stereocenters. The molecule has 0 aliphatic rings. The predicted molar refractivity (Wildman–Crippen MR) is 30.7 cm³/mol. The number of rotatable bonds is 3. The highest BCUT2D eigenvalue weighted by Crippen LogP contribution is 1.97. The Bertz CT molecular complexity index is 116. The molecule has 0 spiro atoms. The molecule has 0 aromatic rings. The van der Waals surface area contributed by atoms with Crippen molar-refractivity contribution in [2.24, 2.45) is 0 Å². The van der Waals surface area contributed by atoms with Crippen LogP contribution < -0.4 is 0 Å². The topological polar surface area (TPSA) is 9.23 Å². The second-order valence-electron chi connectivity index (χ2n) is 1.09. The van der Waals surface area contributed by atoms with E-state index in [1.807, 2.05) is 0 Å². The molecule has 0 heterocycles. The zero-order valence-corrected chi connectivity index (χ0v) is 4.43. The lowest BCUT2D eigenvalue weighted by molar-refractivity contribution is -0.0764. The van der Waals surface area contributed by atoms with Crippen molar-refractivity contribution in [3.63, 3.8) is 0 Å². The third-order valence-corrected chi connectivity index (χ3v) is 0.572. The molecule has 1 nitrogen and oxygen atoms in total. The van der Waals surface area contributed by atoms with E-state index in [0.29, 0.717) is 0 Å². The predicted octanol–water partition coefficient (Wildman–Crippen LogP) is 2.14. The van der Waals surface area contributed by atoms with E-state index >= 15 is 0 Å². The van der Waals surface area contributed by atoms with Crippen LogP contribution in [0, 0.1) is 0 Å². The first-order chi connectivity index (χ1) is 3.85. The van der Waals surface area contributed by atoms with E-state index in [1.54, 1.807) is 0 Å². The van der Waals surface area contributed by atoms with Crippen molar-refractivity contribution >= 4 is 0 Å². The molecule has 0 N–H and O–H groups in total. The molecule has 8 heavy (non-hydrogen) atoms. The van der Waals surface area contributed by atoms with Crippen LogP contribution in [0.5, 0.6) is 0 Å². The maximum atomic E-state index is 11.2. The minimum atomic E-state index is 0.0694. The van der Waals surface area contributed by atoms with Crippen molar-refractivity contribution in [1.82, 2.24) is 0 Å². The van der Waals surface area contributed by atoms with E-state index in [-0.39, 0.29) is 5.76 Å². The first-order valence-corrected chi connectivity index (χ1v) is 2.09. The molecule has 0 aromatic carbocycles.